The second-order valence-corrected chi connectivity index (χ2v) is 3.02. The summed E-state index contributed by atoms with van der Waals surface area (Å²) in [5.41, 5.74) is 3.46. The Balaban J connectivity index is 2.70. The zero-order valence-corrected chi connectivity index (χ0v) is 7.91. The van der Waals surface area contributed by atoms with Gasteiger partial charge in [-0.3, -0.25) is 0 Å². The lowest BCUT2D eigenvalue weighted by atomic mass is 10.2. The molecule has 2 heterocycles. The van der Waals surface area contributed by atoms with Crippen LogP contribution >= 0.6 is 0 Å². The van der Waals surface area contributed by atoms with Crippen molar-refractivity contribution in [1.29, 1.82) is 0 Å². The molecule has 2 rings (SSSR count). The number of anilines is 1. The average molecular weight is 175 g/mol. The quantitative estimate of drug-likeness (QED) is 0.755. The fourth-order valence-corrected chi connectivity index (χ4v) is 1.50. The second kappa shape index (κ2) is 3.09. The molecule has 0 spiro atoms. The molecule has 2 aromatic heterocycles. The summed E-state index contributed by atoms with van der Waals surface area (Å²) in [5.74, 6) is 0. The van der Waals surface area contributed by atoms with Crippen LogP contribution in [0, 0.1) is 0 Å². The van der Waals surface area contributed by atoms with Gasteiger partial charge in [0.15, 0.2) is 0 Å². The highest BCUT2D eigenvalue weighted by atomic mass is 15.0. The minimum Gasteiger partial charge on any atom is -0.387 e. The number of aryl methyl sites for hydroxylation is 1. The summed E-state index contributed by atoms with van der Waals surface area (Å²) in [5, 5.41) is 3.14. The third kappa shape index (κ3) is 1.26. The van der Waals surface area contributed by atoms with Crippen molar-refractivity contribution < 1.29 is 0 Å². The monoisotopic (exact) mass is 175 g/mol. The van der Waals surface area contributed by atoms with E-state index in [1.54, 1.807) is 0 Å². The van der Waals surface area contributed by atoms with Crippen LogP contribution in [0.5, 0.6) is 0 Å². The van der Waals surface area contributed by atoms with Gasteiger partial charge >= 0.3 is 0 Å². The molecule has 0 amide bonds. The van der Waals surface area contributed by atoms with E-state index < -0.39 is 0 Å². The van der Waals surface area contributed by atoms with Crippen molar-refractivity contribution >= 4 is 11.3 Å². The van der Waals surface area contributed by atoms with Crippen molar-refractivity contribution in [2.75, 3.05) is 12.4 Å². The van der Waals surface area contributed by atoms with Gasteiger partial charge in [-0.25, -0.2) is 4.98 Å². The van der Waals surface area contributed by atoms with Crippen LogP contribution in [0.2, 0.25) is 0 Å². The van der Waals surface area contributed by atoms with E-state index >= 15 is 0 Å². The van der Waals surface area contributed by atoms with E-state index in [4.69, 9.17) is 0 Å². The van der Waals surface area contributed by atoms with Crippen LogP contribution in [0.1, 0.15) is 12.5 Å². The van der Waals surface area contributed by atoms with Crippen molar-refractivity contribution in [2.24, 2.45) is 0 Å². The Hall–Kier alpha value is -1.51. The van der Waals surface area contributed by atoms with Gasteiger partial charge in [-0.1, -0.05) is 6.92 Å². The molecule has 0 unspecified atom stereocenters. The molecule has 0 fully saturated rings. The first-order valence-corrected chi connectivity index (χ1v) is 4.48. The molecule has 0 aliphatic carbocycles. The van der Waals surface area contributed by atoms with Crippen LogP contribution in [0.25, 0.3) is 5.65 Å². The average Bonchev–Trinajstić information content (AvgIpc) is 2.63. The summed E-state index contributed by atoms with van der Waals surface area (Å²) >= 11 is 0. The van der Waals surface area contributed by atoms with Gasteiger partial charge in [0, 0.05) is 25.6 Å². The van der Waals surface area contributed by atoms with Gasteiger partial charge < -0.3 is 9.72 Å². The summed E-state index contributed by atoms with van der Waals surface area (Å²) in [4.78, 5) is 4.30. The number of pyridine rings is 1. The van der Waals surface area contributed by atoms with Crippen LogP contribution < -0.4 is 5.32 Å². The van der Waals surface area contributed by atoms with Crippen molar-refractivity contribution in [2.45, 2.75) is 13.3 Å². The first kappa shape index (κ1) is 8.10. The maximum Gasteiger partial charge on any atom is 0.139 e. The Morgan fingerprint density at radius 2 is 2.38 bits per heavy atom. The van der Waals surface area contributed by atoms with Crippen molar-refractivity contribution in [3.63, 3.8) is 0 Å². The molecule has 2 aromatic rings. The van der Waals surface area contributed by atoms with Gasteiger partial charge in [0.05, 0.1) is 5.69 Å². The first-order valence-electron chi connectivity index (χ1n) is 4.48. The normalized spacial score (nSPS) is 10.6. The second-order valence-electron chi connectivity index (χ2n) is 3.02. The highest BCUT2D eigenvalue weighted by molar-refractivity contribution is 5.56. The summed E-state index contributed by atoms with van der Waals surface area (Å²) in [6.45, 7) is 2.14. The van der Waals surface area contributed by atoms with Crippen LogP contribution in [-0.4, -0.2) is 16.4 Å². The van der Waals surface area contributed by atoms with E-state index in [1.807, 2.05) is 30.0 Å². The zero-order chi connectivity index (χ0) is 9.26. The predicted molar refractivity (Wildman–Crippen MR) is 54.1 cm³/mol. The van der Waals surface area contributed by atoms with Gasteiger partial charge in [0.2, 0.25) is 0 Å². The lowest BCUT2D eigenvalue weighted by Crippen LogP contribution is -1.95. The number of hydrogen-bond acceptors (Lipinski definition) is 2. The molecule has 0 radical (unpaired) electrons. The van der Waals surface area contributed by atoms with E-state index in [0.717, 1.165) is 17.8 Å². The molecule has 3 heteroatoms. The molecule has 0 saturated heterocycles. The largest absolute Gasteiger partial charge is 0.387 e. The fourth-order valence-electron chi connectivity index (χ4n) is 1.50. The molecule has 0 aliphatic rings. The molecule has 0 aromatic carbocycles. The summed E-state index contributed by atoms with van der Waals surface area (Å²) in [6, 6.07) is 2.14. The molecule has 0 atom stereocenters. The number of fused-ring (bicyclic) bond motifs is 1. The Morgan fingerprint density at radius 1 is 1.54 bits per heavy atom. The van der Waals surface area contributed by atoms with E-state index in [1.165, 1.54) is 5.56 Å². The molecule has 1 N–H and O–H groups in total. The Labute approximate surface area is 77.4 Å². The molecular weight excluding hydrogens is 162 g/mol. The molecule has 0 saturated carbocycles. The maximum atomic E-state index is 4.30. The predicted octanol–water partition coefficient (Wildman–Crippen LogP) is 1.94. The van der Waals surface area contributed by atoms with Crippen LogP contribution in [0.3, 0.4) is 0 Å². The molecular formula is C10H13N3. The van der Waals surface area contributed by atoms with E-state index in [0.29, 0.717) is 0 Å². The lowest BCUT2D eigenvalue weighted by molar-refractivity contribution is 1.08. The highest BCUT2D eigenvalue weighted by Gasteiger charge is 2.01. The molecule has 0 aliphatic heterocycles. The third-order valence-electron chi connectivity index (χ3n) is 2.23. The minimum absolute atomic E-state index is 1.01. The first-order chi connectivity index (χ1) is 6.35. The van der Waals surface area contributed by atoms with Crippen LogP contribution in [0.15, 0.2) is 24.7 Å². The molecule has 13 heavy (non-hydrogen) atoms. The Morgan fingerprint density at radius 3 is 3.08 bits per heavy atom. The van der Waals surface area contributed by atoms with Crippen LogP contribution in [0.4, 0.5) is 5.69 Å². The summed E-state index contributed by atoms with van der Waals surface area (Å²) in [6.07, 6.45) is 6.85. The fraction of sp³-hybridized carbons (Fsp3) is 0.300. The lowest BCUT2D eigenvalue weighted by Gasteiger charge is -2.05. The third-order valence-corrected chi connectivity index (χ3v) is 2.23. The summed E-state index contributed by atoms with van der Waals surface area (Å²) < 4.78 is 2.05. The van der Waals surface area contributed by atoms with Crippen molar-refractivity contribution in [1.82, 2.24) is 9.38 Å². The number of hydrogen-bond donors (Lipinski definition) is 1. The minimum atomic E-state index is 1.01. The van der Waals surface area contributed by atoms with Gasteiger partial charge in [0.1, 0.15) is 5.65 Å². The molecule has 68 valence electrons. The Kier molecular flexibility index (Phi) is 1.93. The van der Waals surface area contributed by atoms with Gasteiger partial charge in [-0.05, 0) is 18.1 Å². The van der Waals surface area contributed by atoms with E-state index in [2.05, 4.69) is 23.3 Å². The summed E-state index contributed by atoms with van der Waals surface area (Å²) in [7, 11) is 1.93. The number of nitrogens with zero attached hydrogens (tertiary/aromatic N) is 2. The number of imidazole rings is 1. The highest BCUT2D eigenvalue weighted by Crippen LogP contribution is 2.15. The number of nitrogens with one attached hydrogen (secondary N) is 1. The van der Waals surface area contributed by atoms with Gasteiger partial charge in [0.25, 0.3) is 0 Å². The topological polar surface area (TPSA) is 29.3 Å². The number of rotatable bonds is 2. The molecule has 3 nitrogen and oxygen atoms in total. The van der Waals surface area contributed by atoms with Gasteiger partial charge in [-0.15, -0.1) is 0 Å². The maximum absolute atomic E-state index is 4.30. The smallest absolute Gasteiger partial charge is 0.139 e. The standard InChI is InChI=1S/C10H13N3/c1-3-8-6-9(11-2)7-13-5-4-12-10(8)13/h4-7,11H,3H2,1-2H3. The Bertz CT molecular complexity index is 417. The zero-order valence-electron chi connectivity index (χ0n) is 7.91. The van der Waals surface area contributed by atoms with E-state index in [9.17, 15) is 0 Å². The van der Waals surface area contributed by atoms with Crippen molar-refractivity contribution in [3.8, 4) is 0 Å². The molecule has 0 bridgehead atoms. The van der Waals surface area contributed by atoms with Crippen LogP contribution in [-0.2, 0) is 6.42 Å². The van der Waals surface area contributed by atoms with Crippen molar-refractivity contribution in [3.05, 3.63) is 30.2 Å². The van der Waals surface area contributed by atoms with Gasteiger partial charge in [-0.2, -0.15) is 0 Å². The van der Waals surface area contributed by atoms with E-state index in [-0.39, 0.29) is 0 Å². The SMILES string of the molecule is CCc1cc(NC)cn2ccnc12. The number of aromatic nitrogens is 2.